The Kier molecular flexibility index (Phi) is 4.51. The van der Waals surface area contributed by atoms with E-state index in [-0.39, 0.29) is 42.1 Å². The zero-order valence-electron chi connectivity index (χ0n) is 14.0. The monoisotopic (exact) mass is 326 g/mol. The summed E-state index contributed by atoms with van der Waals surface area (Å²) in [5.41, 5.74) is 0.774. The lowest BCUT2D eigenvalue weighted by molar-refractivity contribution is -0.143. The van der Waals surface area contributed by atoms with E-state index in [4.69, 9.17) is 0 Å². The molecule has 0 N–H and O–H groups in total. The number of likely N-dealkylation sites (tertiary alicyclic amines) is 1. The van der Waals surface area contributed by atoms with E-state index in [1.54, 1.807) is 4.90 Å². The highest BCUT2D eigenvalue weighted by Crippen LogP contribution is 2.35. The van der Waals surface area contributed by atoms with Gasteiger partial charge in [0, 0.05) is 11.7 Å². The normalized spacial score (nSPS) is 22.9. The van der Waals surface area contributed by atoms with Crippen molar-refractivity contribution < 1.29 is 14.4 Å². The summed E-state index contributed by atoms with van der Waals surface area (Å²) in [6.07, 6.45) is 5.07. The third kappa shape index (κ3) is 2.86. The van der Waals surface area contributed by atoms with Gasteiger partial charge in [0.05, 0.1) is 11.8 Å². The molecule has 1 heterocycles. The molecule has 0 radical (unpaired) electrons. The lowest BCUT2D eigenvalue weighted by atomic mass is 9.85. The number of anilines is 1. The molecule has 5 heteroatoms. The molecule has 0 saturated carbocycles. The molecule has 2 atom stereocenters. The minimum Gasteiger partial charge on any atom is -0.308 e. The molecule has 3 amide bonds. The molecule has 1 aliphatic carbocycles. The summed E-state index contributed by atoms with van der Waals surface area (Å²) in [5, 5.41) is 0. The molecule has 1 saturated heterocycles. The maximum Gasteiger partial charge on any atom is 0.247 e. The average molecular weight is 326 g/mol. The van der Waals surface area contributed by atoms with Crippen LogP contribution in [0.25, 0.3) is 0 Å². The smallest absolute Gasteiger partial charge is 0.247 e. The fourth-order valence-corrected chi connectivity index (χ4v) is 3.55. The maximum absolute atomic E-state index is 12.8. The van der Waals surface area contributed by atoms with Crippen LogP contribution >= 0.6 is 0 Å². The Labute approximate surface area is 141 Å². The summed E-state index contributed by atoms with van der Waals surface area (Å²) in [6, 6.07) is 9.27. The number of amides is 3. The number of benzene rings is 1. The fourth-order valence-electron chi connectivity index (χ4n) is 3.55. The van der Waals surface area contributed by atoms with E-state index in [9.17, 15) is 14.4 Å². The van der Waals surface area contributed by atoms with Gasteiger partial charge in [-0.2, -0.15) is 0 Å². The number of para-hydroxylation sites is 1. The van der Waals surface area contributed by atoms with E-state index >= 15 is 0 Å². The zero-order valence-corrected chi connectivity index (χ0v) is 14.0. The number of allylic oxidation sites excluding steroid dienone is 2. The Balaban J connectivity index is 1.78. The summed E-state index contributed by atoms with van der Waals surface area (Å²) in [7, 11) is 0. The van der Waals surface area contributed by atoms with E-state index in [0.717, 1.165) is 10.6 Å². The quantitative estimate of drug-likeness (QED) is 0.630. The molecule has 126 valence electrons. The van der Waals surface area contributed by atoms with Crippen LogP contribution in [0.2, 0.25) is 0 Å². The van der Waals surface area contributed by atoms with Crippen LogP contribution in [0.15, 0.2) is 42.5 Å². The standard InChI is InChI=1S/C19H22N2O3/c1-13(2)21(14-8-4-3-5-9-14)17(22)12-20-18(23)15-10-6-7-11-16(15)19(20)24/h3-9,13,15-16H,10-12H2,1-2H3/t15-,16-/m0/s1. The molecule has 0 aromatic heterocycles. The molecule has 0 spiro atoms. The van der Waals surface area contributed by atoms with E-state index < -0.39 is 0 Å². The number of nitrogens with zero attached hydrogens (tertiary/aromatic N) is 2. The molecule has 0 unspecified atom stereocenters. The lowest BCUT2D eigenvalue weighted by Gasteiger charge is -2.28. The van der Waals surface area contributed by atoms with Crippen LogP contribution in [0.1, 0.15) is 26.7 Å². The van der Waals surface area contributed by atoms with Gasteiger partial charge in [0.1, 0.15) is 6.54 Å². The molecule has 1 fully saturated rings. The Hall–Kier alpha value is -2.43. The first kappa shape index (κ1) is 16.4. The first-order chi connectivity index (χ1) is 11.5. The van der Waals surface area contributed by atoms with Gasteiger partial charge in [-0.05, 0) is 38.8 Å². The molecule has 5 nitrogen and oxygen atoms in total. The summed E-state index contributed by atoms with van der Waals surface area (Å²) < 4.78 is 0. The SMILES string of the molecule is CC(C)N(C(=O)CN1C(=O)[C@H]2CC=CC[C@@H]2C1=O)c1ccccc1. The van der Waals surface area contributed by atoms with Crippen LogP contribution in [-0.2, 0) is 14.4 Å². The lowest BCUT2D eigenvalue weighted by Crippen LogP contribution is -2.46. The topological polar surface area (TPSA) is 57.7 Å². The predicted molar refractivity (Wildman–Crippen MR) is 91.1 cm³/mol. The van der Waals surface area contributed by atoms with Crippen molar-refractivity contribution in [3.63, 3.8) is 0 Å². The zero-order chi connectivity index (χ0) is 17.3. The molecular formula is C19H22N2O3. The molecule has 1 aromatic rings. The molecule has 1 aliphatic heterocycles. The van der Waals surface area contributed by atoms with Gasteiger partial charge in [-0.15, -0.1) is 0 Å². The minimum absolute atomic E-state index is 0.0587. The summed E-state index contributed by atoms with van der Waals surface area (Å²) in [4.78, 5) is 40.6. The Morgan fingerprint density at radius 1 is 1.08 bits per heavy atom. The van der Waals surface area contributed by atoms with Gasteiger partial charge < -0.3 is 4.90 Å². The van der Waals surface area contributed by atoms with Crippen LogP contribution in [0.5, 0.6) is 0 Å². The van der Waals surface area contributed by atoms with Crippen molar-refractivity contribution in [2.45, 2.75) is 32.7 Å². The highest BCUT2D eigenvalue weighted by molar-refractivity contribution is 6.09. The van der Waals surface area contributed by atoms with Crippen LogP contribution in [0.4, 0.5) is 5.69 Å². The number of rotatable bonds is 4. The van der Waals surface area contributed by atoms with Crippen LogP contribution in [0.3, 0.4) is 0 Å². The number of carbonyl (C=O) groups is 3. The minimum atomic E-state index is -0.292. The molecule has 24 heavy (non-hydrogen) atoms. The summed E-state index contributed by atoms with van der Waals surface area (Å²) in [6.45, 7) is 3.65. The fraction of sp³-hybridized carbons (Fsp3) is 0.421. The first-order valence-corrected chi connectivity index (χ1v) is 8.38. The van der Waals surface area contributed by atoms with Gasteiger partial charge in [-0.3, -0.25) is 19.3 Å². The molecule has 0 bridgehead atoms. The number of fused-ring (bicyclic) bond motifs is 1. The Bertz CT molecular complexity index is 655. The predicted octanol–water partition coefficient (Wildman–Crippen LogP) is 2.38. The second kappa shape index (κ2) is 6.59. The van der Waals surface area contributed by atoms with Crippen LogP contribution < -0.4 is 4.90 Å². The van der Waals surface area contributed by atoms with E-state index in [0.29, 0.717) is 12.8 Å². The number of imide groups is 1. The Morgan fingerprint density at radius 3 is 2.12 bits per heavy atom. The van der Waals surface area contributed by atoms with Crippen LogP contribution in [0, 0.1) is 11.8 Å². The van der Waals surface area contributed by atoms with Gasteiger partial charge in [-0.25, -0.2) is 0 Å². The third-order valence-electron chi connectivity index (χ3n) is 4.71. The molecule has 2 aliphatic rings. The van der Waals surface area contributed by atoms with Crippen molar-refractivity contribution in [2.75, 3.05) is 11.4 Å². The van der Waals surface area contributed by atoms with E-state index in [1.807, 2.05) is 56.3 Å². The Morgan fingerprint density at radius 2 is 1.62 bits per heavy atom. The second-order valence-electron chi connectivity index (χ2n) is 6.61. The largest absolute Gasteiger partial charge is 0.308 e. The number of hydrogen-bond donors (Lipinski definition) is 0. The van der Waals surface area contributed by atoms with Gasteiger partial charge >= 0.3 is 0 Å². The molecular weight excluding hydrogens is 304 g/mol. The summed E-state index contributed by atoms with van der Waals surface area (Å²) >= 11 is 0. The van der Waals surface area contributed by atoms with Crippen molar-refractivity contribution in [1.82, 2.24) is 4.90 Å². The van der Waals surface area contributed by atoms with Crippen molar-refractivity contribution in [1.29, 1.82) is 0 Å². The number of carbonyl (C=O) groups excluding carboxylic acids is 3. The van der Waals surface area contributed by atoms with Gasteiger partial charge in [0.25, 0.3) is 0 Å². The van der Waals surface area contributed by atoms with Gasteiger partial charge in [0.2, 0.25) is 17.7 Å². The first-order valence-electron chi connectivity index (χ1n) is 8.38. The van der Waals surface area contributed by atoms with E-state index in [2.05, 4.69) is 0 Å². The molecule has 3 rings (SSSR count). The van der Waals surface area contributed by atoms with Crippen LogP contribution in [-0.4, -0.2) is 35.2 Å². The van der Waals surface area contributed by atoms with E-state index in [1.165, 1.54) is 0 Å². The maximum atomic E-state index is 12.8. The highest BCUT2D eigenvalue weighted by Gasteiger charge is 2.48. The summed E-state index contributed by atoms with van der Waals surface area (Å²) in [5.74, 6) is -1.23. The highest BCUT2D eigenvalue weighted by atomic mass is 16.2. The van der Waals surface area contributed by atoms with Gasteiger partial charge in [-0.1, -0.05) is 30.4 Å². The van der Waals surface area contributed by atoms with Crippen molar-refractivity contribution in [3.8, 4) is 0 Å². The second-order valence-corrected chi connectivity index (χ2v) is 6.61. The molecule has 1 aromatic carbocycles. The van der Waals surface area contributed by atoms with Crippen molar-refractivity contribution >= 4 is 23.4 Å². The van der Waals surface area contributed by atoms with Crippen molar-refractivity contribution in [3.05, 3.63) is 42.5 Å². The van der Waals surface area contributed by atoms with Gasteiger partial charge in [0.15, 0.2) is 0 Å². The van der Waals surface area contributed by atoms with Crippen molar-refractivity contribution in [2.24, 2.45) is 11.8 Å². The third-order valence-corrected chi connectivity index (χ3v) is 4.71. The number of hydrogen-bond acceptors (Lipinski definition) is 3. The average Bonchev–Trinajstić information content (AvgIpc) is 2.81.